The smallest absolute Gasteiger partial charge is 0.427 e. The standard InChI is InChI=1S/C7H12O3/c1-3-4-6-5(2)9-7(8)10-6/h5-6H,3-4H2,1-2H3. The first-order valence-electron chi connectivity index (χ1n) is 3.61. The first-order valence-corrected chi connectivity index (χ1v) is 3.61. The molecule has 0 bridgehead atoms. The molecule has 0 aromatic carbocycles. The van der Waals surface area contributed by atoms with Gasteiger partial charge < -0.3 is 9.47 Å². The summed E-state index contributed by atoms with van der Waals surface area (Å²) in [6.07, 6.45) is 1.31. The van der Waals surface area contributed by atoms with E-state index in [1.807, 2.05) is 6.92 Å². The van der Waals surface area contributed by atoms with Crippen molar-refractivity contribution in [2.75, 3.05) is 0 Å². The van der Waals surface area contributed by atoms with Gasteiger partial charge in [-0.25, -0.2) is 4.79 Å². The van der Waals surface area contributed by atoms with Crippen molar-refractivity contribution in [2.24, 2.45) is 0 Å². The van der Waals surface area contributed by atoms with Crippen molar-refractivity contribution < 1.29 is 14.3 Å². The third kappa shape index (κ3) is 1.40. The summed E-state index contributed by atoms with van der Waals surface area (Å²) >= 11 is 0. The van der Waals surface area contributed by atoms with Gasteiger partial charge in [0.2, 0.25) is 0 Å². The molecule has 0 N–H and O–H groups in total. The summed E-state index contributed by atoms with van der Waals surface area (Å²) in [4.78, 5) is 10.5. The van der Waals surface area contributed by atoms with Gasteiger partial charge in [0.15, 0.2) is 0 Å². The minimum absolute atomic E-state index is 0.0162. The van der Waals surface area contributed by atoms with Gasteiger partial charge in [0.05, 0.1) is 0 Å². The molecule has 0 radical (unpaired) electrons. The van der Waals surface area contributed by atoms with Gasteiger partial charge in [0.25, 0.3) is 0 Å². The molecule has 0 aliphatic carbocycles. The molecule has 1 aliphatic rings. The van der Waals surface area contributed by atoms with Crippen molar-refractivity contribution in [3.63, 3.8) is 0 Å². The van der Waals surface area contributed by atoms with Crippen molar-refractivity contribution in [3.05, 3.63) is 0 Å². The first kappa shape index (κ1) is 7.38. The van der Waals surface area contributed by atoms with E-state index in [0.717, 1.165) is 12.8 Å². The van der Waals surface area contributed by atoms with E-state index in [0.29, 0.717) is 0 Å². The summed E-state index contributed by atoms with van der Waals surface area (Å²) in [6, 6.07) is 0. The maximum Gasteiger partial charge on any atom is 0.509 e. The van der Waals surface area contributed by atoms with Gasteiger partial charge in [0.1, 0.15) is 12.2 Å². The lowest BCUT2D eigenvalue weighted by atomic mass is 10.1. The van der Waals surface area contributed by atoms with Crippen LogP contribution in [0.1, 0.15) is 26.7 Å². The van der Waals surface area contributed by atoms with Crippen molar-refractivity contribution in [1.29, 1.82) is 0 Å². The summed E-state index contributed by atoms with van der Waals surface area (Å²) in [6.45, 7) is 3.91. The number of ether oxygens (including phenoxy) is 2. The zero-order valence-electron chi connectivity index (χ0n) is 6.29. The molecule has 0 aromatic rings. The normalized spacial score (nSPS) is 31.6. The molecule has 0 saturated carbocycles. The number of cyclic esters (lactones) is 2. The number of hydrogen-bond donors (Lipinski definition) is 0. The van der Waals surface area contributed by atoms with Crippen LogP contribution >= 0.6 is 0 Å². The fourth-order valence-corrected chi connectivity index (χ4v) is 1.05. The molecule has 3 nitrogen and oxygen atoms in total. The van der Waals surface area contributed by atoms with E-state index in [4.69, 9.17) is 9.47 Å². The van der Waals surface area contributed by atoms with Gasteiger partial charge in [-0.05, 0) is 13.3 Å². The average Bonchev–Trinajstić information content (AvgIpc) is 2.13. The second kappa shape index (κ2) is 2.90. The Balaban J connectivity index is 2.38. The van der Waals surface area contributed by atoms with Gasteiger partial charge in [-0.2, -0.15) is 0 Å². The van der Waals surface area contributed by atoms with Gasteiger partial charge >= 0.3 is 6.16 Å². The highest BCUT2D eigenvalue weighted by Crippen LogP contribution is 2.18. The Morgan fingerprint density at radius 3 is 2.60 bits per heavy atom. The summed E-state index contributed by atoms with van der Waals surface area (Å²) in [5.41, 5.74) is 0. The highest BCUT2D eigenvalue weighted by molar-refractivity contribution is 5.62. The summed E-state index contributed by atoms with van der Waals surface area (Å²) in [7, 11) is 0. The third-order valence-electron chi connectivity index (χ3n) is 1.63. The first-order chi connectivity index (χ1) is 4.74. The van der Waals surface area contributed by atoms with Crippen LogP contribution in [0.4, 0.5) is 4.79 Å². The fourth-order valence-electron chi connectivity index (χ4n) is 1.05. The molecule has 2 atom stereocenters. The van der Waals surface area contributed by atoms with Gasteiger partial charge in [-0.3, -0.25) is 0 Å². The summed E-state index contributed by atoms with van der Waals surface area (Å²) < 4.78 is 9.62. The van der Waals surface area contributed by atoms with Gasteiger partial charge in [0, 0.05) is 0 Å². The van der Waals surface area contributed by atoms with Crippen molar-refractivity contribution in [3.8, 4) is 0 Å². The SMILES string of the molecule is CCCC1OC(=O)OC1C. The van der Waals surface area contributed by atoms with E-state index >= 15 is 0 Å². The second-order valence-electron chi connectivity index (χ2n) is 2.52. The van der Waals surface area contributed by atoms with E-state index in [-0.39, 0.29) is 12.2 Å². The Hall–Kier alpha value is -0.730. The van der Waals surface area contributed by atoms with E-state index in [2.05, 4.69) is 6.92 Å². The Bertz CT molecular complexity index is 133. The maximum atomic E-state index is 10.5. The predicted octanol–water partition coefficient (Wildman–Crippen LogP) is 1.71. The Morgan fingerprint density at radius 1 is 1.50 bits per heavy atom. The molecule has 1 fully saturated rings. The van der Waals surface area contributed by atoms with Crippen molar-refractivity contribution in [1.82, 2.24) is 0 Å². The van der Waals surface area contributed by atoms with Crippen LogP contribution in [-0.2, 0) is 9.47 Å². The molecule has 2 unspecified atom stereocenters. The minimum Gasteiger partial charge on any atom is -0.427 e. The minimum atomic E-state index is -0.522. The van der Waals surface area contributed by atoms with Crippen LogP contribution in [-0.4, -0.2) is 18.4 Å². The molecule has 58 valence electrons. The van der Waals surface area contributed by atoms with Crippen LogP contribution < -0.4 is 0 Å². The predicted molar refractivity (Wildman–Crippen MR) is 35.7 cm³/mol. The lowest BCUT2D eigenvalue weighted by molar-refractivity contribution is 0.115. The molecule has 1 heterocycles. The molecule has 10 heavy (non-hydrogen) atoms. The van der Waals surface area contributed by atoms with Crippen LogP contribution in [0.25, 0.3) is 0 Å². The highest BCUT2D eigenvalue weighted by atomic mass is 16.8. The number of carbonyl (C=O) groups excluding carboxylic acids is 1. The highest BCUT2D eigenvalue weighted by Gasteiger charge is 2.31. The molecule has 0 amide bonds. The molecule has 0 spiro atoms. The zero-order valence-corrected chi connectivity index (χ0v) is 6.29. The van der Waals surface area contributed by atoms with Crippen LogP contribution in [0.2, 0.25) is 0 Å². The third-order valence-corrected chi connectivity index (χ3v) is 1.63. The maximum absolute atomic E-state index is 10.5. The van der Waals surface area contributed by atoms with Crippen LogP contribution in [0.15, 0.2) is 0 Å². The monoisotopic (exact) mass is 144 g/mol. The van der Waals surface area contributed by atoms with Gasteiger partial charge in [-0.15, -0.1) is 0 Å². The number of rotatable bonds is 2. The number of hydrogen-bond acceptors (Lipinski definition) is 3. The van der Waals surface area contributed by atoms with E-state index < -0.39 is 6.16 Å². The zero-order chi connectivity index (χ0) is 7.56. The Kier molecular flexibility index (Phi) is 2.14. The fraction of sp³-hybridized carbons (Fsp3) is 0.857. The summed E-state index contributed by atoms with van der Waals surface area (Å²) in [5, 5.41) is 0. The van der Waals surface area contributed by atoms with Crippen molar-refractivity contribution >= 4 is 6.16 Å². The lowest BCUT2D eigenvalue weighted by Crippen LogP contribution is -2.18. The summed E-state index contributed by atoms with van der Waals surface area (Å²) in [5.74, 6) is 0. The van der Waals surface area contributed by atoms with Gasteiger partial charge in [-0.1, -0.05) is 13.3 Å². The van der Waals surface area contributed by atoms with Crippen molar-refractivity contribution in [2.45, 2.75) is 38.9 Å². The average molecular weight is 144 g/mol. The molecule has 1 saturated heterocycles. The largest absolute Gasteiger partial charge is 0.509 e. The van der Waals surface area contributed by atoms with Crippen LogP contribution in [0.5, 0.6) is 0 Å². The van der Waals surface area contributed by atoms with E-state index in [1.54, 1.807) is 0 Å². The molecule has 1 rings (SSSR count). The molecule has 0 aromatic heterocycles. The topological polar surface area (TPSA) is 35.5 Å². The molecule has 1 aliphatic heterocycles. The molecular weight excluding hydrogens is 132 g/mol. The van der Waals surface area contributed by atoms with E-state index in [9.17, 15) is 4.79 Å². The number of carbonyl (C=O) groups is 1. The Morgan fingerprint density at radius 2 is 2.20 bits per heavy atom. The molecule has 3 heteroatoms. The lowest BCUT2D eigenvalue weighted by Gasteiger charge is -2.07. The Labute approximate surface area is 60.3 Å². The van der Waals surface area contributed by atoms with E-state index in [1.165, 1.54) is 0 Å². The quantitative estimate of drug-likeness (QED) is 0.553. The van der Waals surface area contributed by atoms with Crippen LogP contribution in [0, 0.1) is 0 Å². The van der Waals surface area contributed by atoms with Crippen LogP contribution in [0.3, 0.4) is 0 Å². The second-order valence-corrected chi connectivity index (χ2v) is 2.52. The molecular formula is C7H12O3.